The van der Waals surface area contributed by atoms with Gasteiger partial charge in [0.2, 0.25) is 0 Å². The van der Waals surface area contributed by atoms with Crippen LogP contribution in [-0.4, -0.2) is 42.8 Å². The van der Waals surface area contributed by atoms with Crippen molar-refractivity contribution in [2.24, 2.45) is 0 Å². The normalized spacial score (nSPS) is 12.4. The largest absolute Gasteiger partial charge is 0.496 e. The molecular formula is C25H20N2O6. The third-order valence-electron chi connectivity index (χ3n) is 5.31. The summed E-state index contributed by atoms with van der Waals surface area (Å²) in [5.41, 5.74) is 1.95. The van der Waals surface area contributed by atoms with E-state index < -0.39 is 11.9 Å². The summed E-state index contributed by atoms with van der Waals surface area (Å²) >= 11 is 0. The number of benzene rings is 3. The van der Waals surface area contributed by atoms with Gasteiger partial charge < -0.3 is 14.8 Å². The Bertz CT molecular complexity index is 1250. The van der Waals surface area contributed by atoms with Crippen LogP contribution in [-0.2, 0) is 11.3 Å². The molecule has 1 aliphatic rings. The molecule has 33 heavy (non-hydrogen) atoms. The van der Waals surface area contributed by atoms with Crippen molar-refractivity contribution in [2.75, 3.05) is 19.5 Å². The molecule has 4 rings (SSSR count). The first-order valence-corrected chi connectivity index (χ1v) is 10.1. The first-order chi connectivity index (χ1) is 15.9. The molecule has 166 valence electrons. The zero-order chi connectivity index (χ0) is 23.5. The number of rotatable bonds is 6. The molecule has 0 radical (unpaired) electrons. The van der Waals surface area contributed by atoms with Gasteiger partial charge >= 0.3 is 5.97 Å². The van der Waals surface area contributed by atoms with Gasteiger partial charge in [-0.3, -0.25) is 19.3 Å². The molecule has 1 N–H and O–H groups in total. The van der Waals surface area contributed by atoms with Crippen molar-refractivity contribution in [3.63, 3.8) is 0 Å². The first kappa shape index (κ1) is 21.8. The van der Waals surface area contributed by atoms with E-state index in [1.54, 1.807) is 60.7 Å². The molecule has 0 saturated heterocycles. The summed E-state index contributed by atoms with van der Waals surface area (Å²) in [4.78, 5) is 51.6. The second-order valence-electron chi connectivity index (χ2n) is 7.27. The molecule has 8 nitrogen and oxygen atoms in total. The zero-order valence-electron chi connectivity index (χ0n) is 18.0. The van der Waals surface area contributed by atoms with E-state index in [-0.39, 0.29) is 35.2 Å². The molecule has 8 heteroatoms. The highest BCUT2D eigenvalue weighted by Gasteiger charge is 2.35. The van der Waals surface area contributed by atoms with E-state index in [9.17, 15) is 19.2 Å². The third kappa shape index (κ3) is 4.06. The quantitative estimate of drug-likeness (QED) is 0.461. The van der Waals surface area contributed by atoms with Crippen LogP contribution in [0.15, 0.2) is 66.7 Å². The predicted molar refractivity (Wildman–Crippen MR) is 119 cm³/mol. The minimum absolute atomic E-state index is 0.00459. The second kappa shape index (κ2) is 8.96. The van der Waals surface area contributed by atoms with E-state index >= 15 is 0 Å². The van der Waals surface area contributed by atoms with Crippen LogP contribution in [0.1, 0.15) is 47.0 Å². The van der Waals surface area contributed by atoms with Crippen molar-refractivity contribution in [1.29, 1.82) is 0 Å². The van der Waals surface area contributed by atoms with Crippen LogP contribution in [0.3, 0.4) is 0 Å². The van der Waals surface area contributed by atoms with Crippen molar-refractivity contribution >= 4 is 29.4 Å². The Morgan fingerprint density at radius 3 is 2.12 bits per heavy atom. The van der Waals surface area contributed by atoms with E-state index in [2.05, 4.69) is 5.32 Å². The lowest BCUT2D eigenvalue weighted by molar-refractivity contribution is 0.0599. The van der Waals surface area contributed by atoms with Gasteiger partial charge in [0.15, 0.2) is 0 Å². The number of nitrogens with one attached hydrogen (secondary N) is 1. The molecule has 0 atom stereocenters. The van der Waals surface area contributed by atoms with Crippen molar-refractivity contribution in [2.45, 2.75) is 6.54 Å². The highest BCUT2D eigenvalue weighted by Crippen LogP contribution is 2.27. The number of para-hydroxylation sites is 1. The second-order valence-corrected chi connectivity index (χ2v) is 7.27. The van der Waals surface area contributed by atoms with Gasteiger partial charge in [0.1, 0.15) is 5.75 Å². The summed E-state index contributed by atoms with van der Waals surface area (Å²) in [5.74, 6) is -1.58. The fourth-order valence-electron chi connectivity index (χ4n) is 3.67. The summed E-state index contributed by atoms with van der Waals surface area (Å²) in [7, 11) is 2.69. The van der Waals surface area contributed by atoms with Gasteiger partial charge in [-0.25, -0.2) is 4.79 Å². The van der Waals surface area contributed by atoms with Crippen molar-refractivity contribution < 1.29 is 28.7 Å². The Morgan fingerprint density at radius 1 is 0.848 bits per heavy atom. The summed E-state index contributed by atoms with van der Waals surface area (Å²) in [6.07, 6.45) is 0. The van der Waals surface area contributed by atoms with E-state index in [0.29, 0.717) is 22.4 Å². The van der Waals surface area contributed by atoms with Crippen LogP contribution < -0.4 is 10.1 Å². The Morgan fingerprint density at radius 2 is 1.48 bits per heavy atom. The number of hydrogen-bond acceptors (Lipinski definition) is 6. The number of fused-ring (bicyclic) bond motifs is 1. The number of esters is 1. The molecule has 3 aromatic carbocycles. The number of ether oxygens (including phenoxy) is 2. The molecule has 0 aliphatic carbocycles. The maximum Gasteiger partial charge on any atom is 0.339 e. The number of anilines is 1. The lowest BCUT2D eigenvalue weighted by Gasteiger charge is -2.16. The fourth-order valence-corrected chi connectivity index (χ4v) is 3.67. The SMILES string of the molecule is COC(=O)c1ccccc1NC(=O)c1cc(CN2C(=O)c3ccccc3C2=O)ccc1OC. The number of carbonyl (C=O) groups excluding carboxylic acids is 4. The maximum atomic E-state index is 13.1. The van der Waals surface area contributed by atoms with Gasteiger partial charge in [0, 0.05) is 0 Å². The number of hydrogen-bond donors (Lipinski definition) is 1. The van der Waals surface area contributed by atoms with Crippen LogP contribution in [0.2, 0.25) is 0 Å². The van der Waals surface area contributed by atoms with Crippen molar-refractivity contribution in [3.05, 3.63) is 94.5 Å². The Balaban J connectivity index is 1.61. The zero-order valence-corrected chi connectivity index (χ0v) is 18.0. The lowest BCUT2D eigenvalue weighted by Crippen LogP contribution is -2.29. The van der Waals surface area contributed by atoms with Gasteiger partial charge in [0.25, 0.3) is 17.7 Å². The number of nitrogens with zero attached hydrogens (tertiary/aromatic N) is 1. The monoisotopic (exact) mass is 444 g/mol. The van der Waals surface area contributed by atoms with E-state index in [1.807, 2.05) is 0 Å². The Hall–Kier alpha value is -4.46. The fraction of sp³-hybridized carbons (Fsp3) is 0.120. The molecule has 0 bridgehead atoms. The predicted octanol–water partition coefficient (Wildman–Crippen LogP) is 3.53. The average molecular weight is 444 g/mol. The van der Waals surface area contributed by atoms with Crippen molar-refractivity contribution in [1.82, 2.24) is 4.90 Å². The van der Waals surface area contributed by atoms with Gasteiger partial charge in [-0.15, -0.1) is 0 Å². The standard InChI is InChI=1S/C25H20N2O6/c1-32-21-12-11-15(14-27-23(29)16-7-3-4-8-17(16)24(27)30)13-19(21)22(28)26-20-10-6-5-9-18(20)25(31)33-2/h3-13H,14H2,1-2H3,(H,26,28). The van der Waals surface area contributed by atoms with E-state index in [4.69, 9.17) is 9.47 Å². The molecular weight excluding hydrogens is 424 g/mol. The van der Waals surface area contributed by atoms with Crippen LogP contribution in [0.4, 0.5) is 5.69 Å². The topological polar surface area (TPSA) is 102 Å². The molecule has 1 aliphatic heterocycles. The number of carbonyl (C=O) groups is 4. The third-order valence-corrected chi connectivity index (χ3v) is 5.31. The highest BCUT2D eigenvalue weighted by atomic mass is 16.5. The summed E-state index contributed by atoms with van der Waals surface area (Å²) < 4.78 is 10.1. The summed E-state index contributed by atoms with van der Waals surface area (Å²) in [6, 6.07) is 17.9. The highest BCUT2D eigenvalue weighted by molar-refractivity contribution is 6.21. The number of imide groups is 1. The Labute approximate surface area is 189 Å². The molecule has 3 aromatic rings. The minimum Gasteiger partial charge on any atom is -0.496 e. The maximum absolute atomic E-state index is 13.1. The van der Waals surface area contributed by atoms with E-state index in [0.717, 1.165) is 4.90 Å². The molecule has 0 aromatic heterocycles. The molecule has 0 fully saturated rings. The van der Waals surface area contributed by atoms with Crippen LogP contribution in [0.5, 0.6) is 5.75 Å². The number of methoxy groups -OCH3 is 2. The minimum atomic E-state index is -0.586. The van der Waals surface area contributed by atoms with E-state index in [1.165, 1.54) is 20.3 Å². The van der Waals surface area contributed by atoms with Gasteiger partial charge in [-0.05, 0) is 42.0 Å². The molecule has 0 unspecified atom stereocenters. The summed E-state index contributed by atoms with van der Waals surface area (Å²) in [5, 5.41) is 2.70. The Kier molecular flexibility index (Phi) is 5.91. The molecule has 3 amide bonds. The lowest BCUT2D eigenvalue weighted by atomic mass is 10.1. The first-order valence-electron chi connectivity index (χ1n) is 10.1. The number of amides is 3. The molecule has 1 heterocycles. The van der Waals surface area contributed by atoms with Gasteiger partial charge in [0.05, 0.1) is 48.7 Å². The molecule has 0 saturated carbocycles. The summed E-state index contributed by atoms with van der Waals surface area (Å²) in [6.45, 7) is -0.00459. The van der Waals surface area contributed by atoms with Gasteiger partial charge in [-0.1, -0.05) is 30.3 Å². The molecule has 0 spiro atoms. The van der Waals surface area contributed by atoms with Crippen LogP contribution in [0.25, 0.3) is 0 Å². The smallest absolute Gasteiger partial charge is 0.339 e. The van der Waals surface area contributed by atoms with Crippen LogP contribution in [0, 0.1) is 0 Å². The van der Waals surface area contributed by atoms with Crippen molar-refractivity contribution in [3.8, 4) is 5.75 Å². The van der Waals surface area contributed by atoms with Gasteiger partial charge in [-0.2, -0.15) is 0 Å². The average Bonchev–Trinajstić information content (AvgIpc) is 3.08. The van der Waals surface area contributed by atoms with Crippen LogP contribution >= 0.6 is 0 Å².